The maximum Gasteiger partial charge on any atom is 0.255 e. The highest BCUT2D eigenvalue weighted by Gasteiger charge is 2.11. The number of rotatable bonds is 4. The molecule has 1 rings (SSSR count). The molecular weight excluding hydrogens is 190 g/mol. The van der Waals surface area contributed by atoms with E-state index in [1.165, 1.54) is 6.20 Å². The van der Waals surface area contributed by atoms with Crippen molar-refractivity contribution in [1.29, 1.82) is 0 Å². The Bertz CT molecular complexity index is 375. The van der Waals surface area contributed by atoms with Gasteiger partial charge in [0.1, 0.15) is 0 Å². The van der Waals surface area contributed by atoms with Crippen molar-refractivity contribution >= 4 is 5.91 Å². The van der Waals surface area contributed by atoms with Crippen LogP contribution in [0, 0.1) is 12.3 Å². The van der Waals surface area contributed by atoms with Gasteiger partial charge in [-0.05, 0) is 6.42 Å². The molecule has 80 valence electrons. The van der Waals surface area contributed by atoms with E-state index in [0.717, 1.165) is 12.8 Å². The summed E-state index contributed by atoms with van der Waals surface area (Å²) in [5.74, 6) is 2.38. The second kappa shape index (κ2) is 5.20. The molecule has 0 radical (unpaired) electrons. The largest absolute Gasteiger partial charge is 0.338 e. The fourth-order valence-electron chi connectivity index (χ4n) is 1.27. The quantitative estimate of drug-likeness (QED) is 0.744. The van der Waals surface area contributed by atoms with Crippen LogP contribution < -0.4 is 5.32 Å². The van der Waals surface area contributed by atoms with Crippen LogP contribution in [-0.4, -0.2) is 21.7 Å². The van der Waals surface area contributed by atoms with Crippen LogP contribution >= 0.6 is 0 Å². The summed E-state index contributed by atoms with van der Waals surface area (Å²) in [5.41, 5.74) is 0.536. The molecule has 1 aromatic rings. The molecule has 1 atom stereocenters. The monoisotopic (exact) mass is 205 g/mol. The first-order chi connectivity index (χ1) is 7.17. The van der Waals surface area contributed by atoms with Crippen LogP contribution in [0.4, 0.5) is 0 Å². The minimum atomic E-state index is -0.192. The molecule has 0 aliphatic rings. The molecule has 0 fully saturated rings. The molecule has 1 unspecified atom stereocenters. The summed E-state index contributed by atoms with van der Waals surface area (Å²) in [7, 11) is 1.77. The fourth-order valence-corrected chi connectivity index (χ4v) is 1.27. The molecule has 0 aromatic carbocycles. The zero-order chi connectivity index (χ0) is 11.3. The van der Waals surface area contributed by atoms with E-state index in [9.17, 15) is 4.79 Å². The summed E-state index contributed by atoms with van der Waals surface area (Å²) in [6.45, 7) is 2.03. The number of carbonyl (C=O) groups excluding carboxylic acids is 1. The lowest BCUT2D eigenvalue weighted by molar-refractivity contribution is 0.0944. The Labute approximate surface area is 89.7 Å². The van der Waals surface area contributed by atoms with Crippen molar-refractivity contribution in [1.82, 2.24) is 15.1 Å². The smallest absolute Gasteiger partial charge is 0.255 e. The van der Waals surface area contributed by atoms with Gasteiger partial charge in [0.05, 0.1) is 17.8 Å². The Kier molecular flexibility index (Phi) is 3.92. The van der Waals surface area contributed by atoms with Crippen molar-refractivity contribution in [3.8, 4) is 12.3 Å². The fraction of sp³-hybridized carbons (Fsp3) is 0.455. The summed E-state index contributed by atoms with van der Waals surface area (Å²) in [4.78, 5) is 11.6. The lowest BCUT2D eigenvalue weighted by Gasteiger charge is -2.10. The molecule has 0 bridgehead atoms. The van der Waals surface area contributed by atoms with Crippen molar-refractivity contribution in [3.63, 3.8) is 0 Å². The zero-order valence-electron chi connectivity index (χ0n) is 9.03. The zero-order valence-corrected chi connectivity index (χ0v) is 9.03. The second-order valence-corrected chi connectivity index (χ2v) is 3.38. The van der Waals surface area contributed by atoms with E-state index < -0.39 is 0 Å². The lowest BCUT2D eigenvalue weighted by Crippen LogP contribution is -2.33. The molecule has 0 aliphatic heterocycles. The normalized spacial score (nSPS) is 11.8. The Morgan fingerprint density at radius 2 is 2.53 bits per heavy atom. The SMILES string of the molecule is C#CC(CCC)NC(=O)c1cnn(C)c1. The number of terminal acetylenes is 1. The molecule has 4 heteroatoms. The van der Waals surface area contributed by atoms with Gasteiger partial charge in [0.25, 0.3) is 5.91 Å². The third-order valence-corrected chi connectivity index (χ3v) is 2.05. The molecule has 1 heterocycles. The van der Waals surface area contributed by atoms with Crippen LogP contribution in [0.25, 0.3) is 0 Å². The molecule has 1 amide bonds. The second-order valence-electron chi connectivity index (χ2n) is 3.38. The van der Waals surface area contributed by atoms with Gasteiger partial charge in [0, 0.05) is 13.2 Å². The summed E-state index contributed by atoms with van der Waals surface area (Å²) >= 11 is 0. The molecule has 4 nitrogen and oxygen atoms in total. The van der Waals surface area contributed by atoms with Crippen LogP contribution in [0.1, 0.15) is 30.1 Å². The van der Waals surface area contributed by atoms with Crippen LogP contribution in [0.2, 0.25) is 0 Å². The molecule has 1 N–H and O–H groups in total. The van der Waals surface area contributed by atoms with Crippen LogP contribution in [-0.2, 0) is 7.05 Å². The van der Waals surface area contributed by atoms with Crippen molar-refractivity contribution in [2.24, 2.45) is 7.05 Å². The average molecular weight is 205 g/mol. The number of aryl methyl sites for hydroxylation is 1. The van der Waals surface area contributed by atoms with Gasteiger partial charge in [-0.1, -0.05) is 19.3 Å². The van der Waals surface area contributed by atoms with E-state index in [2.05, 4.69) is 16.3 Å². The summed E-state index contributed by atoms with van der Waals surface area (Å²) in [6, 6.07) is -0.192. The number of aromatic nitrogens is 2. The Hall–Kier alpha value is -1.76. The van der Waals surface area contributed by atoms with Crippen molar-refractivity contribution < 1.29 is 4.79 Å². The number of amides is 1. The van der Waals surface area contributed by atoms with E-state index >= 15 is 0 Å². The maximum atomic E-state index is 11.6. The first kappa shape index (κ1) is 11.3. The number of nitrogens with zero attached hydrogens (tertiary/aromatic N) is 2. The number of hydrogen-bond donors (Lipinski definition) is 1. The van der Waals surface area contributed by atoms with Gasteiger partial charge >= 0.3 is 0 Å². The van der Waals surface area contributed by atoms with Crippen LogP contribution in [0.3, 0.4) is 0 Å². The van der Waals surface area contributed by atoms with Crippen molar-refractivity contribution in [2.45, 2.75) is 25.8 Å². The first-order valence-electron chi connectivity index (χ1n) is 4.93. The van der Waals surface area contributed by atoms with Crippen LogP contribution in [0.15, 0.2) is 12.4 Å². The third-order valence-electron chi connectivity index (χ3n) is 2.05. The van der Waals surface area contributed by atoms with Gasteiger partial charge < -0.3 is 5.32 Å². The molecular formula is C11H15N3O. The van der Waals surface area contributed by atoms with E-state index in [1.54, 1.807) is 17.9 Å². The van der Waals surface area contributed by atoms with E-state index in [0.29, 0.717) is 5.56 Å². The molecule has 0 aliphatic carbocycles. The van der Waals surface area contributed by atoms with Gasteiger partial charge in [-0.25, -0.2) is 0 Å². The third kappa shape index (κ3) is 3.13. The predicted molar refractivity (Wildman–Crippen MR) is 58.2 cm³/mol. The van der Waals surface area contributed by atoms with Gasteiger partial charge in [0.2, 0.25) is 0 Å². The Balaban J connectivity index is 2.59. The average Bonchev–Trinajstić information content (AvgIpc) is 2.64. The van der Waals surface area contributed by atoms with E-state index in [4.69, 9.17) is 6.42 Å². The highest BCUT2D eigenvalue weighted by molar-refractivity contribution is 5.94. The Morgan fingerprint density at radius 3 is 3.00 bits per heavy atom. The first-order valence-corrected chi connectivity index (χ1v) is 4.93. The number of nitrogens with one attached hydrogen (secondary N) is 1. The molecule has 0 spiro atoms. The molecule has 1 aromatic heterocycles. The summed E-state index contributed by atoms with van der Waals surface area (Å²) in [5, 5.41) is 6.69. The van der Waals surface area contributed by atoms with Gasteiger partial charge in [-0.2, -0.15) is 5.10 Å². The molecule has 15 heavy (non-hydrogen) atoms. The lowest BCUT2D eigenvalue weighted by atomic mass is 10.1. The summed E-state index contributed by atoms with van der Waals surface area (Å²) < 4.78 is 1.58. The standard InChI is InChI=1S/C11H15N3O/c1-4-6-10(5-2)13-11(15)9-7-12-14(3)8-9/h2,7-8,10H,4,6H2,1,3H3,(H,13,15). The topological polar surface area (TPSA) is 46.9 Å². The van der Waals surface area contributed by atoms with Gasteiger partial charge in [0.15, 0.2) is 0 Å². The van der Waals surface area contributed by atoms with Gasteiger partial charge in [-0.3, -0.25) is 9.48 Å². The highest BCUT2D eigenvalue weighted by atomic mass is 16.1. The minimum absolute atomic E-state index is 0.167. The minimum Gasteiger partial charge on any atom is -0.338 e. The van der Waals surface area contributed by atoms with E-state index in [-0.39, 0.29) is 11.9 Å². The van der Waals surface area contributed by atoms with E-state index in [1.807, 2.05) is 6.92 Å². The Morgan fingerprint density at radius 1 is 1.80 bits per heavy atom. The molecule has 0 saturated heterocycles. The molecule has 0 saturated carbocycles. The van der Waals surface area contributed by atoms with Gasteiger partial charge in [-0.15, -0.1) is 6.42 Å². The predicted octanol–water partition coefficient (Wildman–Crippen LogP) is 0.952. The highest BCUT2D eigenvalue weighted by Crippen LogP contribution is 2.00. The van der Waals surface area contributed by atoms with Crippen molar-refractivity contribution in [3.05, 3.63) is 18.0 Å². The number of carbonyl (C=O) groups is 1. The summed E-state index contributed by atoms with van der Waals surface area (Å²) in [6.07, 6.45) is 10.2. The van der Waals surface area contributed by atoms with Crippen LogP contribution in [0.5, 0.6) is 0 Å². The maximum absolute atomic E-state index is 11.6. The van der Waals surface area contributed by atoms with Crippen molar-refractivity contribution in [2.75, 3.05) is 0 Å². The number of hydrogen-bond acceptors (Lipinski definition) is 2.